The maximum absolute atomic E-state index is 12.9. The lowest BCUT2D eigenvalue weighted by atomic mass is 10.1. The number of rotatable bonds is 5. The lowest BCUT2D eigenvalue weighted by Crippen LogP contribution is -2.17. The second-order valence-electron chi connectivity index (χ2n) is 5.88. The van der Waals surface area contributed by atoms with Crippen molar-refractivity contribution in [3.63, 3.8) is 0 Å². The highest BCUT2D eigenvalue weighted by molar-refractivity contribution is 5.91. The molecule has 0 saturated carbocycles. The van der Waals surface area contributed by atoms with Crippen LogP contribution in [0, 0.1) is 5.82 Å². The van der Waals surface area contributed by atoms with Gasteiger partial charge in [0.15, 0.2) is 5.82 Å². The van der Waals surface area contributed by atoms with Crippen LogP contribution in [-0.4, -0.2) is 15.9 Å². The van der Waals surface area contributed by atoms with E-state index >= 15 is 0 Å². The van der Waals surface area contributed by atoms with E-state index in [1.54, 1.807) is 30.5 Å². The molecule has 0 aliphatic rings. The van der Waals surface area contributed by atoms with Crippen LogP contribution in [0.25, 0.3) is 11.3 Å². The van der Waals surface area contributed by atoms with Gasteiger partial charge in [-0.25, -0.2) is 14.4 Å². The molecule has 0 radical (unpaired) electrons. The first kappa shape index (κ1) is 17.5. The minimum atomic E-state index is -0.327. The van der Waals surface area contributed by atoms with Crippen molar-refractivity contribution in [3.8, 4) is 11.3 Å². The third-order valence-corrected chi connectivity index (χ3v) is 3.92. The molecule has 0 spiro atoms. The number of hydrogen-bond acceptors (Lipinski definition) is 4. The zero-order valence-electron chi connectivity index (χ0n) is 14.4. The average molecular weight is 350 g/mol. The van der Waals surface area contributed by atoms with Crippen LogP contribution in [-0.2, 0) is 17.6 Å². The van der Waals surface area contributed by atoms with Crippen molar-refractivity contribution in [2.24, 2.45) is 0 Å². The van der Waals surface area contributed by atoms with Gasteiger partial charge in [0.05, 0.1) is 24.0 Å². The molecule has 0 bridgehead atoms. The molecule has 0 aliphatic heterocycles. The van der Waals surface area contributed by atoms with E-state index in [1.165, 1.54) is 12.1 Å². The molecule has 0 fully saturated rings. The maximum Gasteiger partial charge on any atom is 0.229 e. The van der Waals surface area contributed by atoms with Crippen molar-refractivity contribution in [3.05, 3.63) is 71.8 Å². The Morgan fingerprint density at radius 3 is 2.46 bits per heavy atom. The smallest absolute Gasteiger partial charge is 0.229 e. The highest BCUT2D eigenvalue weighted by atomic mass is 19.1. The summed E-state index contributed by atoms with van der Waals surface area (Å²) < 4.78 is 12.9. The summed E-state index contributed by atoms with van der Waals surface area (Å²) in [5.41, 5.74) is 9.45. The quantitative estimate of drug-likeness (QED) is 0.689. The summed E-state index contributed by atoms with van der Waals surface area (Å²) in [6.07, 6.45) is 2.39. The van der Waals surface area contributed by atoms with Crippen LogP contribution in [0.5, 0.6) is 0 Å². The lowest BCUT2D eigenvalue weighted by Gasteiger charge is -2.10. The summed E-state index contributed by atoms with van der Waals surface area (Å²) in [6, 6.07) is 13.2. The van der Waals surface area contributed by atoms with E-state index < -0.39 is 0 Å². The van der Waals surface area contributed by atoms with Crippen molar-refractivity contribution in [1.29, 1.82) is 0 Å². The minimum absolute atomic E-state index is 0.144. The Bertz CT molecular complexity index is 908. The molecule has 0 aliphatic carbocycles. The summed E-state index contributed by atoms with van der Waals surface area (Å²) in [7, 11) is 0. The molecule has 0 unspecified atom stereocenters. The molecule has 3 N–H and O–H groups in total. The maximum atomic E-state index is 12.9. The first-order valence-electron chi connectivity index (χ1n) is 8.31. The van der Waals surface area contributed by atoms with Crippen molar-refractivity contribution < 1.29 is 9.18 Å². The van der Waals surface area contributed by atoms with Gasteiger partial charge in [-0.1, -0.05) is 31.2 Å². The normalized spacial score (nSPS) is 10.5. The van der Waals surface area contributed by atoms with Gasteiger partial charge in [-0.15, -0.1) is 0 Å². The second-order valence-corrected chi connectivity index (χ2v) is 5.88. The molecule has 2 aromatic carbocycles. The molecule has 0 saturated heterocycles. The van der Waals surface area contributed by atoms with Crippen LogP contribution in [0.4, 0.5) is 15.9 Å². The fourth-order valence-corrected chi connectivity index (χ4v) is 2.54. The summed E-state index contributed by atoms with van der Waals surface area (Å²) in [6.45, 7) is 1.95. The Balaban J connectivity index is 1.76. The summed E-state index contributed by atoms with van der Waals surface area (Å²) >= 11 is 0. The summed E-state index contributed by atoms with van der Waals surface area (Å²) in [5.74, 6) is -0.105. The molecular weight excluding hydrogens is 331 g/mol. The second kappa shape index (κ2) is 7.74. The largest absolute Gasteiger partial charge is 0.399 e. The van der Waals surface area contributed by atoms with Gasteiger partial charge in [-0.05, 0) is 36.2 Å². The lowest BCUT2D eigenvalue weighted by molar-refractivity contribution is -0.115. The van der Waals surface area contributed by atoms with E-state index in [9.17, 15) is 9.18 Å². The number of aryl methyl sites for hydroxylation is 1. The Morgan fingerprint density at radius 1 is 1.12 bits per heavy atom. The van der Waals surface area contributed by atoms with E-state index in [2.05, 4.69) is 15.3 Å². The highest BCUT2D eigenvalue weighted by Gasteiger charge is 2.11. The number of anilines is 2. The molecule has 3 aromatic rings. The molecule has 1 amide bonds. The average Bonchev–Trinajstić information content (AvgIpc) is 2.64. The predicted octanol–water partition coefficient (Wildman–Crippen LogP) is 3.61. The first-order chi connectivity index (χ1) is 12.5. The Hall–Kier alpha value is -3.28. The van der Waals surface area contributed by atoms with Crippen LogP contribution in [0.1, 0.15) is 18.2 Å². The fraction of sp³-hybridized carbons (Fsp3) is 0.150. The molecule has 6 heteroatoms. The van der Waals surface area contributed by atoms with Gasteiger partial charge in [0, 0.05) is 11.3 Å². The molecule has 0 atom stereocenters. The van der Waals surface area contributed by atoms with Gasteiger partial charge >= 0.3 is 0 Å². The molecular formula is C20H19FN4O. The van der Waals surface area contributed by atoms with Crippen molar-refractivity contribution in [2.45, 2.75) is 19.8 Å². The Kier molecular flexibility index (Phi) is 5.22. The van der Waals surface area contributed by atoms with Crippen molar-refractivity contribution in [1.82, 2.24) is 9.97 Å². The minimum Gasteiger partial charge on any atom is -0.399 e. The Labute approximate surface area is 151 Å². The number of amides is 1. The number of carbonyl (C=O) groups excluding carboxylic acids is 1. The van der Waals surface area contributed by atoms with Gasteiger partial charge in [-0.2, -0.15) is 0 Å². The zero-order chi connectivity index (χ0) is 18.5. The standard InChI is InChI=1S/C20H19FN4O/c1-2-17-20(25-19(26)11-13-3-7-15(21)8-4-13)23-12-18(24-17)14-5-9-16(22)10-6-14/h3-10,12H,2,11,22H2,1H3,(H,23,25,26). The molecule has 132 valence electrons. The Morgan fingerprint density at radius 2 is 1.81 bits per heavy atom. The van der Waals surface area contributed by atoms with Crippen LogP contribution in [0.3, 0.4) is 0 Å². The number of carbonyl (C=O) groups is 1. The number of benzene rings is 2. The highest BCUT2D eigenvalue weighted by Crippen LogP contribution is 2.21. The number of hydrogen-bond donors (Lipinski definition) is 2. The van der Waals surface area contributed by atoms with Crippen LogP contribution >= 0.6 is 0 Å². The SMILES string of the molecule is CCc1nc(-c2ccc(N)cc2)cnc1NC(=O)Cc1ccc(F)cc1. The third kappa shape index (κ3) is 4.22. The summed E-state index contributed by atoms with van der Waals surface area (Å²) in [4.78, 5) is 21.2. The number of halogens is 1. The van der Waals surface area contributed by atoms with E-state index in [1.807, 2.05) is 19.1 Å². The third-order valence-electron chi connectivity index (χ3n) is 3.92. The number of aromatic nitrogens is 2. The summed E-state index contributed by atoms with van der Waals surface area (Å²) in [5, 5.41) is 2.79. The topological polar surface area (TPSA) is 80.9 Å². The first-order valence-corrected chi connectivity index (χ1v) is 8.31. The molecule has 1 heterocycles. The molecule has 5 nitrogen and oxygen atoms in total. The molecule has 1 aromatic heterocycles. The van der Waals surface area contributed by atoms with E-state index in [0.717, 1.165) is 16.8 Å². The van der Waals surface area contributed by atoms with Crippen LogP contribution in [0.15, 0.2) is 54.7 Å². The predicted molar refractivity (Wildman–Crippen MR) is 100.0 cm³/mol. The molecule has 26 heavy (non-hydrogen) atoms. The zero-order valence-corrected chi connectivity index (χ0v) is 14.4. The monoisotopic (exact) mass is 350 g/mol. The van der Waals surface area contributed by atoms with E-state index in [-0.39, 0.29) is 18.1 Å². The van der Waals surface area contributed by atoms with Crippen molar-refractivity contribution >= 4 is 17.4 Å². The van der Waals surface area contributed by atoms with Gasteiger partial charge in [-0.3, -0.25) is 4.79 Å². The van der Waals surface area contributed by atoms with Gasteiger partial charge in [0.2, 0.25) is 5.91 Å². The number of nitrogens with zero attached hydrogens (tertiary/aromatic N) is 2. The number of nitrogen functional groups attached to an aromatic ring is 1. The van der Waals surface area contributed by atoms with E-state index in [0.29, 0.717) is 23.6 Å². The molecule has 3 rings (SSSR count). The van der Waals surface area contributed by atoms with Gasteiger partial charge < -0.3 is 11.1 Å². The number of nitrogens with one attached hydrogen (secondary N) is 1. The fourth-order valence-electron chi connectivity index (χ4n) is 2.54. The van der Waals surface area contributed by atoms with E-state index in [4.69, 9.17) is 5.73 Å². The van der Waals surface area contributed by atoms with Crippen LogP contribution < -0.4 is 11.1 Å². The van der Waals surface area contributed by atoms with Gasteiger partial charge in [0.25, 0.3) is 0 Å². The number of nitrogens with two attached hydrogens (primary N) is 1. The van der Waals surface area contributed by atoms with Crippen LogP contribution in [0.2, 0.25) is 0 Å². The van der Waals surface area contributed by atoms with Crippen molar-refractivity contribution in [2.75, 3.05) is 11.1 Å². The van der Waals surface area contributed by atoms with Gasteiger partial charge in [0.1, 0.15) is 5.82 Å².